The first kappa shape index (κ1) is 26.5. The summed E-state index contributed by atoms with van der Waals surface area (Å²) in [5.41, 5.74) is 0.511. The summed E-state index contributed by atoms with van der Waals surface area (Å²) in [6.07, 6.45) is 18.7. The number of carbonyl (C=O) groups is 2. The van der Waals surface area contributed by atoms with Crippen LogP contribution < -0.4 is 0 Å². The standard InChI is InChI=1S/C30H49NO5/c1-34-13-14-36-29(33)27-10-6-5-9-26(27)28(32)35-12-11-31(25-7-3-2-4-8-25)21-30-18-22-15-23(19-30)17-24(16-22)20-30/h22-27H,2-21H2,1H3. The zero-order chi connectivity index (χ0) is 25.0. The first-order chi connectivity index (χ1) is 17.5. The summed E-state index contributed by atoms with van der Waals surface area (Å²) >= 11 is 0. The molecule has 6 saturated carbocycles. The third-order valence-corrected chi connectivity index (χ3v) is 10.3. The van der Waals surface area contributed by atoms with Crippen molar-refractivity contribution in [1.29, 1.82) is 0 Å². The lowest BCUT2D eigenvalue weighted by Gasteiger charge is -2.58. The average molecular weight is 504 g/mol. The fraction of sp³-hybridized carbons (Fsp3) is 0.933. The Morgan fingerprint density at radius 1 is 0.722 bits per heavy atom. The van der Waals surface area contributed by atoms with Gasteiger partial charge in [-0.15, -0.1) is 0 Å². The summed E-state index contributed by atoms with van der Waals surface area (Å²) < 4.78 is 16.3. The Bertz CT molecular complexity index is 712. The number of nitrogens with zero attached hydrogens (tertiary/aromatic N) is 1. The molecule has 2 atom stereocenters. The Labute approximate surface area is 218 Å². The van der Waals surface area contributed by atoms with Gasteiger partial charge in [0.25, 0.3) is 0 Å². The van der Waals surface area contributed by atoms with E-state index in [4.69, 9.17) is 14.2 Å². The van der Waals surface area contributed by atoms with Crippen molar-refractivity contribution in [2.75, 3.05) is 40.0 Å². The van der Waals surface area contributed by atoms with Gasteiger partial charge in [0.2, 0.25) is 0 Å². The van der Waals surface area contributed by atoms with Gasteiger partial charge in [0.05, 0.1) is 18.4 Å². The largest absolute Gasteiger partial charge is 0.464 e. The van der Waals surface area contributed by atoms with Crippen molar-refractivity contribution in [1.82, 2.24) is 4.90 Å². The van der Waals surface area contributed by atoms with Crippen molar-refractivity contribution in [3.05, 3.63) is 0 Å². The predicted octanol–water partition coefficient (Wildman–Crippen LogP) is 5.38. The molecule has 6 fully saturated rings. The van der Waals surface area contributed by atoms with Crippen LogP contribution in [-0.4, -0.2) is 62.9 Å². The molecule has 0 aliphatic heterocycles. The Morgan fingerprint density at radius 3 is 1.81 bits per heavy atom. The van der Waals surface area contributed by atoms with Crippen molar-refractivity contribution in [2.24, 2.45) is 35.0 Å². The fourth-order valence-electron chi connectivity index (χ4n) is 9.15. The first-order valence-corrected chi connectivity index (χ1v) is 15.1. The van der Waals surface area contributed by atoms with Crippen LogP contribution in [0.2, 0.25) is 0 Å². The lowest BCUT2D eigenvalue weighted by atomic mass is 9.49. The maximum Gasteiger partial charge on any atom is 0.309 e. The van der Waals surface area contributed by atoms with Crippen molar-refractivity contribution < 1.29 is 23.8 Å². The molecular formula is C30H49NO5. The van der Waals surface area contributed by atoms with Crippen molar-refractivity contribution >= 4 is 11.9 Å². The molecule has 6 nitrogen and oxygen atoms in total. The van der Waals surface area contributed by atoms with Crippen LogP contribution in [0.15, 0.2) is 0 Å². The van der Waals surface area contributed by atoms with Crippen LogP contribution in [0.4, 0.5) is 0 Å². The highest BCUT2D eigenvalue weighted by molar-refractivity contribution is 5.82. The van der Waals surface area contributed by atoms with E-state index in [0.29, 0.717) is 31.1 Å². The molecule has 0 saturated heterocycles. The summed E-state index contributed by atoms with van der Waals surface area (Å²) in [6, 6.07) is 0.642. The summed E-state index contributed by atoms with van der Waals surface area (Å²) in [6.45, 7) is 3.12. The molecule has 204 valence electrons. The van der Waals surface area contributed by atoms with Gasteiger partial charge in [-0.25, -0.2) is 0 Å². The number of hydrogen-bond acceptors (Lipinski definition) is 6. The van der Waals surface area contributed by atoms with E-state index in [0.717, 1.165) is 43.6 Å². The predicted molar refractivity (Wildman–Crippen MR) is 138 cm³/mol. The zero-order valence-corrected chi connectivity index (χ0v) is 22.6. The molecule has 0 aromatic heterocycles. The highest BCUT2D eigenvalue weighted by Gasteiger charge is 2.51. The average Bonchev–Trinajstić information content (AvgIpc) is 2.88. The third kappa shape index (κ3) is 6.28. The van der Waals surface area contributed by atoms with E-state index in [-0.39, 0.29) is 30.4 Å². The van der Waals surface area contributed by atoms with Crippen LogP contribution in [0.1, 0.15) is 96.3 Å². The smallest absolute Gasteiger partial charge is 0.309 e. The molecule has 4 bridgehead atoms. The molecule has 6 aliphatic rings. The minimum atomic E-state index is -0.371. The van der Waals surface area contributed by atoms with Crippen molar-refractivity contribution in [3.63, 3.8) is 0 Å². The fourth-order valence-corrected chi connectivity index (χ4v) is 9.15. The minimum Gasteiger partial charge on any atom is -0.464 e. The van der Waals surface area contributed by atoms with Gasteiger partial charge in [-0.2, -0.15) is 0 Å². The maximum atomic E-state index is 13.1. The van der Waals surface area contributed by atoms with Crippen LogP contribution in [0.3, 0.4) is 0 Å². The quantitative estimate of drug-likeness (QED) is 0.279. The Hall–Kier alpha value is -1.14. The Balaban J connectivity index is 1.17. The van der Waals surface area contributed by atoms with Gasteiger partial charge >= 0.3 is 11.9 Å². The SMILES string of the molecule is COCCOC(=O)C1CCCCC1C(=O)OCCN(CC12CC3CC(CC(C3)C1)C2)C1CCCCC1. The van der Waals surface area contributed by atoms with Crippen LogP contribution in [0.25, 0.3) is 0 Å². The molecule has 0 aromatic carbocycles. The number of esters is 2. The van der Waals surface area contributed by atoms with E-state index in [2.05, 4.69) is 4.90 Å². The molecule has 0 aromatic rings. The first-order valence-electron chi connectivity index (χ1n) is 15.1. The van der Waals surface area contributed by atoms with E-state index < -0.39 is 0 Å². The molecule has 0 heterocycles. The highest BCUT2D eigenvalue weighted by atomic mass is 16.6. The third-order valence-electron chi connectivity index (χ3n) is 10.3. The summed E-state index contributed by atoms with van der Waals surface area (Å²) in [5, 5.41) is 0. The number of carbonyl (C=O) groups excluding carboxylic acids is 2. The Morgan fingerprint density at radius 2 is 1.25 bits per heavy atom. The molecule has 6 heteroatoms. The normalized spacial score (nSPS) is 36.2. The van der Waals surface area contributed by atoms with Crippen LogP contribution >= 0.6 is 0 Å². The lowest BCUT2D eigenvalue weighted by molar-refractivity contribution is -0.164. The van der Waals surface area contributed by atoms with Gasteiger partial charge in [-0.3, -0.25) is 14.5 Å². The van der Waals surface area contributed by atoms with E-state index >= 15 is 0 Å². The molecule has 0 amide bonds. The van der Waals surface area contributed by atoms with Crippen LogP contribution in [0.5, 0.6) is 0 Å². The number of rotatable bonds is 11. The Kier molecular flexibility index (Phi) is 8.93. The van der Waals surface area contributed by atoms with E-state index in [1.54, 1.807) is 7.11 Å². The zero-order valence-electron chi connectivity index (χ0n) is 22.6. The second-order valence-corrected chi connectivity index (χ2v) is 13.0. The van der Waals surface area contributed by atoms with Crippen LogP contribution in [0, 0.1) is 35.0 Å². The molecule has 2 unspecified atom stereocenters. The maximum absolute atomic E-state index is 13.1. The molecular weight excluding hydrogens is 454 g/mol. The number of methoxy groups -OCH3 is 1. The molecule has 36 heavy (non-hydrogen) atoms. The van der Waals surface area contributed by atoms with E-state index in [1.807, 2.05) is 0 Å². The second-order valence-electron chi connectivity index (χ2n) is 13.0. The van der Waals surface area contributed by atoms with Gasteiger partial charge in [-0.05, 0) is 87.4 Å². The van der Waals surface area contributed by atoms with Gasteiger partial charge in [0.1, 0.15) is 13.2 Å². The van der Waals surface area contributed by atoms with Gasteiger partial charge in [0, 0.05) is 26.2 Å². The lowest BCUT2D eigenvalue weighted by Crippen LogP contribution is -2.53. The summed E-state index contributed by atoms with van der Waals surface area (Å²) in [7, 11) is 1.59. The van der Waals surface area contributed by atoms with Gasteiger partial charge in [-0.1, -0.05) is 32.1 Å². The summed E-state index contributed by atoms with van der Waals surface area (Å²) in [4.78, 5) is 28.5. The van der Waals surface area contributed by atoms with Crippen molar-refractivity contribution in [2.45, 2.75) is 102 Å². The van der Waals surface area contributed by atoms with E-state index in [1.165, 1.54) is 77.2 Å². The molecule has 0 N–H and O–H groups in total. The molecule has 0 spiro atoms. The van der Waals surface area contributed by atoms with Gasteiger partial charge in [0.15, 0.2) is 0 Å². The molecule has 0 radical (unpaired) electrons. The molecule has 6 rings (SSSR count). The van der Waals surface area contributed by atoms with Crippen LogP contribution in [-0.2, 0) is 23.8 Å². The second kappa shape index (κ2) is 12.1. The van der Waals surface area contributed by atoms with Crippen molar-refractivity contribution in [3.8, 4) is 0 Å². The minimum absolute atomic E-state index is 0.193. The van der Waals surface area contributed by atoms with E-state index in [9.17, 15) is 9.59 Å². The number of hydrogen-bond donors (Lipinski definition) is 0. The number of ether oxygens (including phenoxy) is 3. The monoisotopic (exact) mass is 503 g/mol. The highest BCUT2D eigenvalue weighted by Crippen LogP contribution is 2.60. The topological polar surface area (TPSA) is 65.1 Å². The van der Waals surface area contributed by atoms with Gasteiger partial charge < -0.3 is 14.2 Å². The molecule has 6 aliphatic carbocycles. The summed E-state index contributed by atoms with van der Waals surface area (Å²) in [5.74, 6) is 1.71.